The minimum Gasteiger partial charge on any atom is -0.444 e. The topological polar surface area (TPSA) is 42.4 Å². The van der Waals surface area contributed by atoms with E-state index in [1.54, 1.807) is 6.20 Å². The zero-order valence-electron chi connectivity index (χ0n) is 14.8. The van der Waals surface area contributed by atoms with Crippen LogP contribution in [0.25, 0.3) is 0 Å². The Kier molecular flexibility index (Phi) is 4.78. The summed E-state index contributed by atoms with van der Waals surface area (Å²) >= 11 is 5.90. The average Bonchev–Trinajstić information content (AvgIpc) is 3.24. The number of rotatable bonds is 3. The molecule has 1 aromatic heterocycles. The number of nitrogens with zero attached hydrogens (tertiary/aromatic N) is 2. The number of aryl methyl sites for hydroxylation is 1. The molecule has 132 valence electrons. The number of aromatic nitrogens is 1. The van der Waals surface area contributed by atoms with E-state index in [-0.39, 0.29) is 12.1 Å². The number of pyridine rings is 1. The summed E-state index contributed by atoms with van der Waals surface area (Å²) in [6, 6.07) is 4.09. The molecule has 1 spiro atoms. The van der Waals surface area contributed by atoms with Crippen LogP contribution in [0.15, 0.2) is 18.3 Å². The molecule has 2 aliphatic rings. The lowest BCUT2D eigenvalue weighted by Crippen LogP contribution is -2.48. The van der Waals surface area contributed by atoms with E-state index in [4.69, 9.17) is 16.3 Å². The molecule has 1 unspecified atom stereocenters. The fraction of sp³-hybridized carbons (Fsp3) is 0.684. The second kappa shape index (κ2) is 6.55. The number of halogens is 1. The number of likely N-dealkylation sites (tertiary alicyclic amines) is 1. The molecule has 1 saturated heterocycles. The standard InChI is InChI=1S/C19H27ClN2O2/c1-18(2,3)24-17(23)22-11-10-19(8-9-19)12-16(22)7-6-15-5-4-14(20)13-21-15/h4-5,13,16H,6-12H2,1-3H3. The van der Waals surface area contributed by atoms with Crippen molar-refractivity contribution in [3.05, 3.63) is 29.0 Å². The van der Waals surface area contributed by atoms with Crippen molar-refractivity contribution in [2.24, 2.45) is 5.41 Å². The quantitative estimate of drug-likeness (QED) is 0.782. The van der Waals surface area contributed by atoms with Crippen LogP contribution in [0, 0.1) is 5.41 Å². The molecule has 1 aliphatic heterocycles. The molecule has 0 bridgehead atoms. The third-order valence-corrected chi connectivity index (χ3v) is 5.32. The molecule has 0 N–H and O–H groups in total. The van der Waals surface area contributed by atoms with Gasteiger partial charge in [0.25, 0.3) is 0 Å². The van der Waals surface area contributed by atoms with Crippen LogP contribution in [-0.4, -0.2) is 34.2 Å². The summed E-state index contributed by atoms with van der Waals surface area (Å²) in [7, 11) is 0. The number of carbonyl (C=O) groups excluding carboxylic acids is 1. The van der Waals surface area contributed by atoms with Crippen LogP contribution < -0.4 is 0 Å². The summed E-state index contributed by atoms with van der Waals surface area (Å²) in [5.41, 5.74) is 1.07. The normalized spacial score (nSPS) is 22.5. The highest BCUT2D eigenvalue weighted by atomic mass is 35.5. The largest absolute Gasteiger partial charge is 0.444 e. The van der Waals surface area contributed by atoms with Crippen LogP contribution >= 0.6 is 11.6 Å². The molecule has 24 heavy (non-hydrogen) atoms. The van der Waals surface area contributed by atoms with E-state index in [0.29, 0.717) is 10.4 Å². The molecule has 1 aliphatic carbocycles. The van der Waals surface area contributed by atoms with Crippen LogP contribution in [0.4, 0.5) is 4.79 Å². The average molecular weight is 351 g/mol. The fourth-order valence-corrected chi connectivity index (χ4v) is 3.68. The Morgan fingerprint density at radius 2 is 2.12 bits per heavy atom. The number of carbonyl (C=O) groups is 1. The number of piperidine rings is 1. The van der Waals surface area contributed by atoms with Gasteiger partial charge in [-0.25, -0.2) is 4.79 Å². The maximum absolute atomic E-state index is 12.6. The number of hydrogen-bond acceptors (Lipinski definition) is 3. The first kappa shape index (κ1) is 17.5. The fourth-order valence-electron chi connectivity index (χ4n) is 3.57. The maximum Gasteiger partial charge on any atom is 0.410 e. The van der Waals surface area contributed by atoms with Crippen molar-refractivity contribution in [3.63, 3.8) is 0 Å². The lowest BCUT2D eigenvalue weighted by Gasteiger charge is -2.40. The molecule has 1 aromatic rings. The molecule has 0 aromatic carbocycles. The SMILES string of the molecule is CC(C)(C)OC(=O)N1CCC2(CC2)CC1CCc1ccc(Cl)cn1. The van der Waals surface area contributed by atoms with Gasteiger partial charge in [-0.05, 0) is 76.8 Å². The number of hydrogen-bond donors (Lipinski definition) is 0. The first-order chi connectivity index (χ1) is 11.3. The predicted molar refractivity (Wildman–Crippen MR) is 95.2 cm³/mol. The van der Waals surface area contributed by atoms with Gasteiger partial charge in [0.15, 0.2) is 0 Å². The van der Waals surface area contributed by atoms with E-state index in [9.17, 15) is 4.79 Å². The minimum absolute atomic E-state index is 0.174. The number of ether oxygens (including phenoxy) is 1. The van der Waals surface area contributed by atoms with Crippen LogP contribution in [0.5, 0.6) is 0 Å². The summed E-state index contributed by atoms with van der Waals surface area (Å²) in [5.74, 6) is 0. The Hall–Kier alpha value is -1.29. The molecule has 2 heterocycles. The van der Waals surface area contributed by atoms with Crippen LogP contribution in [0.2, 0.25) is 5.02 Å². The molecule has 1 amide bonds. The van der Waals surface area contributed by atoms with Gasteiger partial charge in [0.05, 0.1) is 5.02 Å². The Morgan fingerprint density at radius 3 is 2.71 bits per heavy atom. The van der Waals surface area contributed by atoms with Crippen molar-refractivity contribution < 1.29 is 9.53 Å². The molecule has 5 heteroatoms. The zero-order chi connectivity index (χ0) is 17.4. The maximum atomic E-state index is 12.6. The van der Waals surface area contributed by atoms with E-state index >= 15 is 0 Å². The van der Waals surface area contributed by atoms with Crippen molar-refractivity contribution >= 4 is 17.7 Å². The highest BCUT2D eigenvalue weighted by molar-refractivity contribution is 6.30. The molecule has 0 radical (unpaired) electrons. The van der Waals surface area contributed by atoms with Gasteiger partial charge in [-0.3, -0.25) is 4.98 Å². The minimum atomic E-state index is -0.450. The zero-order valence-corrected chi connectivity index (χ0v) is 15.6. The second-order valence-corrected chi connectivity index (χ2v) is 8.72. The van der Waals surface area contributed by atoms with Crippen LogP contribution in [-0.2, 0) is 11.2 Å². The Morgan fingerprint density at radius 1 is 1.38 bits per heavy atom. The van der Waals surface area contributed by atoms with Gasteiger partial charge < -0.3 is 9.64 Å². The molecular weight excluding hydrogens is 324 g/mol. The van der Waals surface area contributed by atoms with E-state index < -0.39 is 5.60 Å². The third kappa shape index (κ3) is 4.41. The van der Waals surface area contributed by atoms with Gasteiger partial charge in [0.1, 0.15) is 5.60 Å². The van der Waals surface area contributed by atoms with Gasteiger partial charge in [0, 0.05) is 24.5 Å². The molecule has 1 saturated carbocycles. The number of amides is 1. The highest BCUT2D eigenvalue weighted by Crippen LogP contribution is 2.55. The summed E-state index contributed by atoms with van der Waals surface area (Å²) in [6.45, 7) is 6.57. The Bertz CT molecular complexity index is 590. The van der Waals surface area contributed by atoms with Gasteiger partial charge in [-0.15, -0.1) is 0 Å². The van der Waals surface area contributed by atoms with Gasteiger partial charge >= 0.3 is 6.09 Å². The predicted octanol–water partition coefficient (Wildman–Crippen LogP) is 4.85. The molecule has 1 atom stereocenters. The highest BCUT2D eigenvalue weighted by Gasteiger charge is 2.49. The Labute approximate surface area is 149 Å². The first-order valence-corrected chi connectivity index (χ1v) is 9.24. The summed E-state index contributed by atoms with van der Waals surface area (Å²) in [5, 5.41) is 0.656. The van der Waals surface area contributed by atoms with Gasteiger partial charge in [-0.1, -0.05) is 11.6 Å². The smallest absolute Gasteiger partial charge is 0.410 e. The van der Waals surface area contributed by atoms with E-state index in [1.165, 1.54) is 12.8 Å². The lowest BCUT2D eigenvalue weighted by molar-refractivity contribution is 0.00154. The van der Waals surface area contributed by atoms with E-state index in [2.05, 4.69) is 4.98 Å². The summed E-state index contributed by atoms with van der Waals surface area (Å²) in [4.78, 5) is 18.9. The third-order valence-electron chi connectivity index (χ3n) is 5.10. The first-order valence-electron chi connectivity index (χ1n) is 8.86. The van der Waals surface area contributed by atoms with Gasteiger partial charge in [0.2, 0.25) is 0 Å². The monoisotopic (exact) mass is 350 g/mol. The lowest BCUT2D eigenvalue weighted by atomic mass is 9.86. The van der Waals surface area contributed by atoms with Crippen LogP contribution in [0.3, 0.4) is 0 Å². The summed E-state index contributed by atoms with van der Waals surface area (Å²) < 4.78 is 5.62. The molecule has 3 rings (SSSR count). The van der Waals surface area contributed by atoms with E-state index in [1.807, 2.05) is 37.8 Å². The van der Waals surface area contributed by atoms with Crippen molar-refractivity contribution in [1.29, 1.82) is 0 Å². The molecular formula is C19H27ClN2O2. The second-order valence-electron chi connectivity index (χ2n) is 8.29. The van der Waals surface area contributed by atoms with Crippen molar-refractivity contribution in [2.45, 2.75) is 70.9 Å². The summed E-state index contributed by atoms with van der Waals surface area (Å²) in [6.07, 6.45) is 8.13. The molecule has 2 fully saturated rings. The van der Waals surface area contributed by atoms with Crippen molar-refractivity contribution in [1.82, 2.24) is 9.88 Å². The molecule has 4 nitrogen and oxygen atoms in total. The van der Waals surface area contributed by atoms with Crippen molar-refractivity contribution in [2.75, 3.05) is 6.54 Å². The Balaban J connectivity index is 1.65. The van der Waals surface area contributed by atoms with E-state index in [0.717, 1.165) is 37.9 Å². The van der Waals surface area contributed by atoms with Crippen molar-refractivity contribution in [3.8, 4) is 0 Å². The van der Waals surface area contributed by atoms with Crippen LogP contribution in [0.1, 0.15) is 58.6 Å². The van der Waals surface area contributed by atoms with Gasteiger partial charge in [-0.2, -0.15) is 0 Å².